The third-order valence-electron chi connectivity index (χ3n) is 2.22. The molecule has 0 unspecified atom stereocenters. The van der Waals surface area contributed by atoms with Crippen LogP contribution in [0.25, 0.3) is 0 Å². The van der Waals surface area contributed by atoms with Gasteiger partial charge in [-0.2, -0.15) is 5.10 Å². The Labute approximate surface area is 103 Å². The van der Waals surface area contributed by atoms with Gasteiger partial charge in [0.25, 0.3) is 0 Å². The predicted molar refractivity (Wildman–Crippen MR) is 63.7 cm³/mol. The van der Waals surface area contributed by atoms with Crippen LogP contribution in [0, 0.1) is 0 Å². The Bertz CT molecular complexity index is 496. The number of aromatic nitrogens is 2. The van der Waals surface area contributed by atoms with Crippen molar-refractivity contribution >= 4 is 23.2 Å². The molecule has 1 N–H and O–H groups in total. The normalized spacial score (nSPS) is 10.7. The fraction of sp³-hybridized carbons (Fsp3) is 0.182. The highest BCUT2D eigenvalue weighted by atomic mass is 35.5. The summed E-state index contributed by atoms with van der Waals surface area (Å²) in [6.45, 7) is 0.560. The van der Waals surface area contributed by atoms with Gasteiger partial charge >= 0.3 is 0 Å². The molecule has 0 atom stereocenters. The number of halogens is 2. The van der Waals surface area contributed by atoms with Crippen LogP contribution in [0.2, 0.25) is 10.0 Å². The number of nitrogens with zero attached hydrogens (tertiary/aromatic N) is 2. The highest BCUT2D eigenvalue weighted by Crippen LogP contribution is 2.21. The lowest BCUT2D eigenvalue weighted by Crippen LogP contribution is -2.00. The van der Waals surface area contributed by atoms with Gasteiger partial charge in [0, 0.05) is 21.8 Å². The summed E-state index contributed by atoms with van der Waals surface area (Å²) in [4.78, 5) is 0. The number of benzene rings is 1. The molecule has 1 heterocycles. The Morgan fingerprint density at radius 2 is 2.12 bits per heavy atom. The third-order valence-corrected chi connectivity index (χ3v) is 2.80. The van der Waals surface area contributed by atoms with E-state index in [1.165, 1.54) is 0 Å². The van der Waals surface area contributed by atoms with Crippen molar-refractivity contribution in [3.8, 4) is 0 Å². The second-order valence-corrected chi connectivity index (χ2v) is 4.28. The highest BCUT2D eigenvalue weighted by molar-refractivity contribution is 6.35. The van der Waals surface area contributed by atoms with Crippen molar-refractivity contribution in [3.05, 3.63) is 51.8 Å². The summed E-state index contributed by atoms with van der Waals surface area (Å²) in [5, 5.41) is 14.3. The SMILES string of the molecule is OCc1cnn(Cc2ccc(Cl)cc2Cl)c1. The van der Waals surface area contributed by atoms with Gasteiger partial charge in [-0.1, -0.05) is 29.3 Å². The van der Waals surface area contributed by atoms with Gasteiger partial charge < -0.3 is 5.11 Å². The van der Waals surface area contributed by atoms with E-state index in [2.05, 4.69) is 5.10 Å². The Kier molecular flexibility index (Phi) is 3.49. The van der Waals surface area contributed by atoms with Crippen LogP contribution in [0.1, 0.15) is 11.1 Å². The minimum Gasteiger partial charge on any atom is -0.392 e. The molecule has 1 aromatic heterocycles. The Morgan fingerprint density at radius 3 is 2.75 bits per heavy atom. The van der Waals surface area contributed by atoms with Crippen molar-refractivity contribution in [1.29, 1.82) is 0 Å². The van der Waals surface area contributed by atoms with Crippen LogP contribution >= 0.6 is 23.2 Å². The molecule has 0 aliphatic rings. The van der Waals surface area contributed by atoms with Gasteiger partial charge in [0.1, 0.15) is 0 Å². The first-order chi connectivity index (χ1) is 7.69. The molecule has 84 valence electrons. The average molecular weight is 257 g/mol. The lowest BCUT2D eigenvalue weighted by atomic mass is 10.2. The molecule has 0 saturated carbocycles. The molecule has 1 aromatic carbocycles. The summed E-state index contributed by atoms with van der Waals surface area (Å²) >= 11 is 11.9. The molecule has 2 aromatic rings. The quantitative estimate of drug-likeness (QED) is 0.918. The molecule has 0 bridgehead atoms. The summed E-state index contributed by atoms with van der Waals surface area (Å²) in [7, 11) is 0. The fourth-order valence-electron chi connectivity index (χ4n) is 1.40. The Hall–Kier alpha value is -1.03. The minimum absolute atomic E-state index is 0.00561. The number of aliphatic hydroxyl groups excluding tert-OH is 1. The van der Waals surface area contributed by atoms with E-state index < -0.39 is 0 Å². The van der Waals surface area contributed by atoms with E-state index in [0.717, 1.165) is 11.1 Å². The second kappa shape index (κ2) is 4.87. The van der Waals surface area contributed by atoms with E-state index in [1.54, 1.807) is 29.2 Å². The van der Waals surface area contributed by atoms with E-state index in [-0.39, 0.29) is 6.61 Å². The Morgan fingerprint density at radius 1 is 1.31 bits per heavy atom. The van der Waals surface area contributed by atoms with E-state index in [9.17, 15) is 0 Å². The first-order valence-electron chi connectivity index (χ1n) is 4.75. The maximum atomic E-state index is 8.91. The molecule has 5 heteroatoms. The maximum Gasteiger partial charge on any atom is 0.0712 e. The molecule has 2 rings (SSSR count). The smallest absolute Gasteiger partial charge is 0.0712 e. The number of rotatable bonds is 3. The van der Waals surface area contributed by atoms with Crippen molar-refractivity contribution in [2.45, 2.75) is 13.2 Å². The summed E-state index contributed by atoms with van der Waals surface area (Å²) in [6, 6.07) is 5.36. The zero-order valence-corrected chi connectivity index (χ0v) is 9.91. The average Bonchev–Trinajstić information content (AvgIpc) is 2.70. The highest BCUT2D eigenvalue weighted by Gasteiger charge is 2.03. The number of hydrogen-bond donors (Lipinski definition) is 1. The molecule has 16 heavy (non-hydrogen) atoms. The van der Waals surface area contributed by atoms with Crippen molar-refractivity contribution in [1.82, 2.24) is 9.78 Å². The molecular formula is C11H10Cl2N2O. The van der Waals surface area contributed by atoms with Crippen molar-refractivity contribution in [3.63, 3.8) is 0 Å². The standard InChI is InChI=1S/C11H10Cl2N2O/c12-10-2-1-9(11(13)3-10)6-15-5-8(7-16)4-14-15/h1-5,16H,6-7H2. The first-order valence-corrected chi connectivity index (χ1v) is 5.51. The van der Waals surface area contributed by atoms with Gasteiger partial charge in [0.2, 0.25) is 0 Å². The molecule has 3 nitrogen and oxygen atoms in total. The van der Waals surface area contributed by atoms with Crippen LogP contribution < -0.4 is 0 Å². The van der Waals surface area contributed by atoms with Crippen LogP contribution in [-0.2, 0) is 13.2 Å². The fourth-order valence-corrected chi connectivity index (χ4v) is 1.87. The van der Waals surface area contributed by atoms with Gasteiger partial charge in [-0.15, -0.1) is 0 Å². The van der Waals surface area contributed by atoms with Crippen LogP contribution in [-0.4, -0.2) is 14.9 Å². The van der Waals surface area contributed by atoms with Gasteiger partial charge in [-0.25, -0.2) is 0 Å². The van der Waals surface area contributed by atoms with Crippen LogP contribution in [0.4, 0.5) is 0 Å². The molecule has 0 amide bonds. The van der Waals surface area contributed by atoms with Crippen molar-refractivity contribution < 1.29 is 5.11 Å². The monoisotopic (exact) mass is 256 g/mol. The second-order valence-electron chi connectivity index (χ2n) is 3.44. The summed E-state index contributed by atoms with van der Waals surface area (Å²) in [5.41, 5.74) is 1.73. The Balaban J connectivity index is 2.20. The lowest BCUT2D eigenvalue weighted by Gasteiger charge is -2.04. The predicted octanol–water partition coefficient (Wildman–Crippen LogP) is 2.73. The van der Waals surface area contributed by atoms with Crippen molar-refractivity contribution in [2.24, 2.45) is 0 Å². The van der Waals surface area contributed by atoms with Crippen LogP contribution in [0.15, 0.2) is 30.6 Å². The van der Waals surface area contributed by atoms with Gasteiger partial charge in [-0.05, 0) is 17.7 Å². The number of hydrogen-bond acceptors (Lipinski definition) is 2. The van der Waals surface area contributed by atoms with Gasteiger partial charge in [-0.3, -0.25) is 4.68 Å². The summed E-state index contributed by atoms with van der Waals surface area (Å²) < 4.78 is 1.72. The molecule has 0 radical (unpaired) electrons. The molecular weight excluding hydrogens is 247 g/mol. The molecule has 0 fully saturated rings. The molecule has 0 spiro atoms. The van der Waals surface area contributed by atoms with E-state index in [4.69, 9.17) is 28.3 Å². The summed E-state index contributed by atoms with van der Waals surface area (Å²) in [5.74, 6) is 0. The zero-order chi connectivity index (χ0) is 11.5. The zero-order valence-electron chi connectivity index (χ0n) is 8.40. The summed E-state index contributed by atoms with van der Waals surface area (Å²) in [6.07, 6.45) is 3.41. The minimum atomic E-state index is -0.00561. The van der Waals surface area contributed by atoms with Gasteiger partial charge in [0.15, 0.2) is 0 Å². The van der Waals surface area contributed by atoms with E-state index in [0.29, 0.717) is 16.6 Å². The van der Waals surface area contributed by atoms with Gasteiger partial charge in [0.05, 0.1) is 19.3 Å². The largest absolute Gasteiger partial charge is 0.392 e. The molecule has 0 aliphatic carbocycles. The molecule has 0 aliphatic heterocycles. The first kappa shape index (κ1) is 11.5. The van der Waals surface area contributed by atoms with E-state index >= 15 is 0 Å². The number of aliphatic hydroxyl groups is 1. The van der Waals surface area contributed by atoms with Crippen LogP contribution in [0.5, 0.6) is 0 Å². The third kappa shape index (κ3) is 2.55. The topological polar surface area (TPSA) is 38.1 Å². The van der Waals surface area contributed by atoms with E-state index in [1.807, 2.05) is 6.07 Å². The maximum absolute atomic E-state index is 8.91. The lowest BCUT2D eigenvalue weighted by molar-refractivity contribution is 0.281. The van der Waals surface area contributed by atoms with Crippen molar-refractivity contribution in [2.75, 3.05) is 0 Å². The molecule has 0 saturated heterocycles. The van der Waals surface area contributed by atoms with Crippen LogP contribution in [0.3, 0.4) is 0 Å².